The predicted molar refractivity (Wildman–Crippen MR) is 180 cm³/mol. The van der Waals surface area contributed by atoms with Gasteiger partial charge in [-0.2, -0.15) is 5.10 Å². The zero-order valence-electron chi connectivity index (χ0n) is 26.1. The van der Waals surface area contributed by atoms with Crippen LogP contribution in [-0.2, 0) is 16.6 Å². The molecule has 1 fully saturated rings. The highest BCUT2D eigenvalue weighted by molar-refractivity contribution is 6.09. The third-order valence-corrected chi connectivity index (χ3v) is 8.26. The van der Waals surface area contributed by atoms with Crippen molar-refractivity contribution >= 4 is 28.3 Å². The number of morpholine rings is 1. The number of urea groups is 1. The Balaban J connectivity index is 1.21. The van der Waals surface area contributed by atoms with Gasteiger partial charge in [-0.05, 0) is 53.6 Å². The van der Waals surface area contributed by atoms with Crippen LogP contribution in [0.1, 0.15) is 37.6 Å². The molecule has 0 aliphatic carbocycles. The lowest BCUT2D eigenvalue weighted by Crippen LogP contribution is -2.37. The molecule has 1 aliphatic rings. The number of carbonyl (C=O) groups excluding carboxylic acids is 1. The van der Waals surface area contributed by atoms with Crippen molar-refractivity contribution in [1.82, 2.24) is 14.7 Å². The van der Waals surface area contributed by atoms with Crippen LogP contribution in [-0.4, -0.2) is 53.6 Å². The Bertz CT molecular complexity index is 1740. The summed E-state index contributed by atoms with van der Waals surface area (Å²) in [6.07, 6.45) is 1.03. The minimum absolute atomic E-state index is 0.171. The number of anilines is 2. The Labute approximate surface area is 259 Å². The predicted octanol–water partition coefficient (Wildman–Crippen LogP) is 7.82. The number of ether oxygens (including phenoxy) is 1. The van der Waals surface area contributed by atoms with Crippen LogP contribution in [0.15, 0.2) is 91.0 Å². The Kier molecular flexibility index (Phi) is 8.51. The van der Waals surface area contributed by atoms with Crippen molar-refractivity contribution in [1.29, 1.82) is 0 Å². The normalized spacial score (nSPS) is 14.1. The number of nitrogens with one attached hydrogen (secondary N) is 2. The maximum absolute atomic E-state index is 13.4. The second kappa shape index (κ2) is 12.6. The Morgan fingerprint density at radius 2 is 1.57 bits per heavy atom. The fraction of sp³-hybridized carbons (Fsp3) is 0.297. The van der Waals surface area contributed by atoms with Crippen LogP contribution in [0.4, 0.5) is 16.3 Å². The van der Waals surface area contributed by atoms with Gasteiger partial charge in [0.15, 0.2) is 0 Å². The first-order chi connectivity index (χ1) is 21.2. The average Bonchev–Trinajstić information content (AvgIpc) is 3.46. The summed E-state index contributed by atoms with van der Waals surface area (Å²) in [4.78, 5) is 15.9. The quantitative estimate of drug-likeness (QED) is 0.204. The van der Waals surface area contributed by atoms with Crippen LogP contribution in [0.25, 0.3) is 27.6 Å². The lowest BCUT2D eigenvalue weighted by atomic mass is 9.92. The second-order valence-corrected chi connectivity index (χ2v) is 12.6. The van der Waals surface area contributed by atoms with Crippen molar-refractivity contribution in [2.75, 3.05) is 43.5 Å². The molecule has 6 rings (SSSR count). The van der Waals surface area contributed by atoms with Gasteiger partial charge in [0.2, 0.25) is 0 Å². The summed E-state index contributed by atoms with van der Waals surface area (Å²) < 4.78 is 7.27. The monoisotopic (exact) mass is 587 g/mol. The molecule has 0 saturated carbocycles. The van der Waals surface area contributed by atoms with E-state index in [-0.39, 0.29) is 11.4 Å². The van der Waals surface area contributed by atoms with E-state index in [2.05, 4.69) is 85.7 Å². The summed E-state index contributed by atoms with van der Waals surface area (Å²) in [6.45, 7) is 13.1. The third-order valence-electron chi connectivity index (χ3n) is 8.26. The summed E-state index contributed by atoms with van der Waals surface area (Å²) in [6, 6.07) is 30.9. The molecule has 1 saturated heterocycles. The van der Waals surface area contributed by atoms with E-state index in [9.17, 15) is 4.79 Å². The zero-order valence-corrected chi connectivity index (χ0v) is 26.1. The Morgan fingerprint density at radius 1 is 0.864 bits per heavy atom. The van der Waals surface area contributed by atoms with Crippen LogP contribution < -0.4 is 10.6 Å². The number of hydrogen-bond donors (Lipinski definition) is 2. The van der Waals surface area contributed by atoms with E-state index < -0.39 is 0 Å². The Morgan fingerprint density at radius 3 is 2.27 bits per heavy atom. The van der Waals surface area contributed by atoms with E-state index in [1.165, 1.54) is 11.1 Å². The first kappa shape index (κ1) is 29.6. The van der Waals surface area contributed by atoms with Crippen molar-refractivity contribution in [3.63, 3.8) is 0 Å². The van der Waals surface area contributed by atoms with E-state index in [1.807, 2.05) is 48.5 Å². The number of hydrogen-bond acceptors (Lipinski definition) is 4. The molecule has 7 nitrogen and oxygen atoms in total. The number of rotatable bonds is 7. The lowest BCUT2D eigenvalue weighted by Gasteiger charge is -2.26. The standard InChI is InChI=1S/C37H41N5O2/c1-26-9-15-29(16-10-26)42-35(25-34(40-42)37(2,3)4)39-36(43)38-33-18-17-30(31-7-5-6-8-32(31)33)28-13-11-27(12-14-28)19-20-41-21-23-44-24-22-41/h5-18,25H,19-24H2,1-4H3,(H2,38,39,43). The average molecular weight is 588 g/mol. The van der Waals surface area contributed by atoms with Gasteiger partial charge in [0.25, 0.3) is 0 Å². The highest BCUT2D eigenvalue weighted by Crippen LogP contribution is 2.34. The molecule has 1 aliphatic heterocycles. The van der Waals surface area contributed by atoms with Gasteiger partial charge in [-0.25, -0.2) is 9.48 Å². The third kappa shape index (κ3) is 6.69. The molecule has 0 radical (unpaired) electrons. The van der Waals surface area contributed by atoms with Crippen LogP contribution in [0.2, 0.25) is 0 Å². The number of fused-ring (bicyclic) bond motifs is 1. The molecule has 0 atom stereocenters. The summed E-state index contributed by atoms with van der Waals surface area (Å²) in [7, 11) is 0. The summed E-state index contributed by atoms with van der Waals surface area (Å²) >= 11 is 0. The summed E-state index contributed by atoms with van der Waals surface area (Å²) in [5.41, 5.74) is 7.16. The Hall–Kier alpha value is -4.46. The number of amides is 2. The van der Waals surface area contributed by atoms with E-state index in [0.29, 0.717) is 5.82 Å². The largest absolute Gasteiger partial charge is 0.379 e. The molecule has 0 spiro atoms. The van der Waals surface area contributed by atoms with Gasteiger partial charge in [-0.1, -0.05) is 93.1 Å². The highest BCUT2D eigenvalue weighted by Gasteiger charge is 2.22. The number of aromatic nitrogens is 2. The fourth-order valence-corrected chi connectivity index (χ4v) is 5.61. The van der Waals surface area contributed by atoms with Gasteiger partial charge in [0, 0.05) is 36.5 Å². The van der Waals surface area contributed by atoms with E-state index in [0.717, 1.165) is 78.2 Å². The maximum Gasteiger partial charge on any atom is 0.324 e. The molecule has 1 aromatic heterocycles. The summed E-state index contributed by atoms with van der Waals surface area (Å²) in [5, 5.41) is 13.1. The maximum atomic E-state index is 13.4. The van der Waals surface area contributed by atoms with Gasteiger partial charge in [0.05, 0.1) is 30.3 Å². The molecule has 0 unspecified atom stereocenters. The van der Waals surface area contributed by atoms with Gasteiger partial charge < -0.3 is 10.1 Å². The van der Waals surface area contributed by atoms with Gasteiger partial charge in [-0.3, -0.25) is 10.2 Å². The molecule has 2 amide bonds. The van der Waals surface area contributed by atoms with Crippen molar-refractivity contribution in [3.8, 4) is 16.8 Å². The number of aryl methyl sites for hydroxylation is 1. The highest BCUT2D eigenvalue weighted by atomic mass is 16.5. The first-order valence-corrected chi connectivity index (χ1v) is 15.4. The molecule has 7 heteroatoms. The molecule has 4 aromatic carbocycles. The van der Waals surface area contributed by atoms with Crippen LogP contribution in [0.3, 0.4) is 0 Å². The van der Waals surface area contributed by atoms with Crippen LogP contribution in [0.5, 0.6) is 0 Å². The summed E-state index contributed by atoms with van der Waals surface area (Å²) in [5.74, 6) is 0.617. The molecular weight excluding hydrogens is 546 g/mol. The smallest absolute Gasteiger partial charge is 0.324 e. The van der Waals surface area contributed by atoms with Gasteiger partial charge in [0.1, 0.15) is 5.82 Å². The van der Waals surface area contributed by atoms with E-state index >= 15 is 0 Å². The molecular formula is C37H41N5O2. The number of nitrogens with zero attached hydrogens (tertiary/aromatic N) is 3. The van der Waals surface area contributed by atoms with Crippen molar-refractivity contribution in [2.24, 2.45) is 0 Å². The van der Waals surface area contributed by atoms with Gasteiger partial charge >= 0.3 is 6.03 Å². The minimum Gasteiger partial charge on any atom is -0.379 e. The van der Waals surface area contributed by atoms with E-state index in [4.69, 9.17) is 9.84 Å². The number of carbonyl (C=O) groups is 1. The molecule has 2 N–H and O–H groups in total. The number of benzene rings is 4. The SMILES string of the molecule is Cc1ccc(-n2nc(C(C)(C)C)cc2NC(=O)Nc2ccc(-c3ccc(CCN4CCOCC4)cc3)c3ccccc23)cc1. The van der Waals surface area contributed by atoms with Crippen LogP contribution in [0, 0.1) is 6.92 Å². The lowest BCUT2D eigenvalue weighted by molar-refractivity contribution is 0.0384. The van der Waals surface area contributed by atoms with Crippen molar-refractivity contribution in [3.05, 3.63) is 108 Å². The van der Waals surface area contributed by atoms with E-state index in [1.54, 1.807) is 4.68 Å². The molecule has 226 valence electrons. The van der Waals surface area contributed by atoms with Crippen molar-refractivity contribution < 1.29 is 9.53 Å². The fourth-order valence-electron chi connectivity index (χ4n) is 5.61. The molecule has 2 heterocycles. The minimum atomic E-state index is -0.318. The molecule has 44 heavy (non-hydrogen) atoms. The zero-order chi connectivity index (χ0) is 30.7. The van der Waals surface area contributed by atoms with Crippen LogP contribution >= 0.6 is 0 Å². The molecule has 0 bridgehead atoms. The van der Waals surface area contributed by atoms with Gasteiger partial charge in [-0.15, -0.1) is 0 Å². The topological polar surface area (TPSA) is 71.4 Å². The second-order valence-electron chi connectivity index (χ2n) is 12.6. The first-order valence-electron chi connectivity index (χ1n) is 15.4. The van der Waals surface area contributed by atoms with Crippen molar-refractivity contribution in [2.45, 2.75) is 39.5 Å². The molecule has 5 aromatic rings.